The normalized spacial score (nSPS) is 19.4. The van der Waals surface area contributed by atoms with Crippen LogP contribution >= 0.6 is 0 Å². The third-order valence-electron chi connectivity index (χ3n) is 5.99. The zero-order chi connectivity index (χ0) is 19.8. The van der Waals surface area contributed by atoms with Gasteiger partial charge in [0.15, 0.2) is 0 Å². The molecule has 1 aromatic carbocycles. The highest BCUT2D eigenvalue weighted by molar-refractivity contribution is 5.82. The third kappa shape index (κ3) is 5.47. The first kappa shape index (κ1) is 20.6. The van der Waals surface area contributed by atoms with Crippen LogP contribution in [-0.4, -0.2) is 67.0 Å². The van der Waals surface area contributed by atoms with Gasteiger partial charge in [0.25, 0.3) is 0 Å². The maximum atomic E-state index is 13.1. The number of nitrogens with one attached hydrogen (secondary N) is 2. The quantitative estimate of drug-likeness (QED) is 0.755. The second-order valence-electron chi connectivity index (χ2n) is 7.87. The van der Waals surface area contributed by atoms with E-state index in [9.17, 15) is 9.59 Å². The Morgan fingerprint density at radius 1 is 1.04 bits per heavy atom. The molecule has 0 spiro atoms. The molecule has 28 heavy (non-hydrogen) atoms. The molecule has 0 radical (unpaired) electrons. The van der Waals surface area contributed by atoms with Gasteiger partial charge in [-0.25, -0.2) is 4.79 Å². The molecule has 1 heterocycles. The second kappa shape index (κ2) is 10.5. The molecule has 154 valence electrons. The van der Waals surface area contributed by atoms with Gasteiger partial charge in [-0.15, -0.1) is 0 Å². The van der Waals surface area contributed by atoms with Crippen molar-refractivity contribution in [2.45, 2.75) is 45.1 Å². The van der Waals surface area contributed by atoms with Gasteiger partial charge in [-0.05, 0) is 37.7 Å². The third-order valence-corrected chi connectivity index (χ3v) is 5.99. The summed E-state index contributed by atoms with van der Waals surface area (Å²) in [6.07, 6.45) is 5.56. The molecule has 1 saturated carbocycles. The van der Waals surface area contributed by atoms with Crippen LogP contribution in [0.2, 0.25) is 0 Å². The Morgan fingerprint density at radius 2 is 1.71 bits per heavy atom. The minimum absolute atomic E-state index is 0.00637. The molecule has 0 aromatic heterocycles. The molecule has 6 nitrogen and oxygen atoms in total. The Bertz CT molecular complexity index is 623. The zero-order valence-electron chi connectivity index (χ0n) is 17.0. The Morgan fingerprint density at radius 3 is 2.36 bits per heavy atom. The lowest BCUT2D eigenvalue weighted by molar-refractivity contribution is -0.129. The molecule has 3 amide bonds. The summed E-state index contributed by atoms with van der Waals surface area (Å²) in [5.74, 6) is 0.599. The van der Waals surface area contributed by atoms with E-state index in [4.69, 9.17) is 0 Å². The number of rotatable bonds is 7. The summed E-state index contributed by atoms with van der Waals surface area (Å²) in [5.41, 5.74) is 1.25. The van der Waals surface area contributed by atoms with Crippen molar-refractivity contribution in [3.05, 3.63) is 35.9 Å². The van der Waals surface area contributed by atoms with Crippen LogP contribution in [0.1, 0.15) is 38.2 Å². The first-order valence-corrected chi connectivity index (χ1v) is 10.8. The molecule has 1 aromatic rings. The molecule has 3 rings (SSSR count). The highest BCUT2D eigenvalue weighted by Crippen LogP contribution is 2.31. The topological polar surface area (TPSA) is 64.7 Å². The molecule has 0 bridgehead atoms. The van der Waals surface area contributed by atoms with E-state index in [2.05, 4.69) is 27.7 Å². The fraction of sp³-hybridized carbons (Fsp3) is 0.636. The summed E-state index contributed by atoms with van der Waals surface area (Å²) in [7, 11) is 0. The minimum Gasteiger partial charge on any atom is -0.354 e. The predicted molar refractivity (Wildman–Crippen MR) is 111 cm³/mol. The van der Waals surface area contributed by atoms with Crippen molar-refractivity contribution in [3.63, 3.8) is 0 Å². The number of carbonyl (C=O) groups is 2. The monoisotopic (exact) mass is 386 g/mol. The Hall–Kier alpha value is -2.08. The number of hydrogen-bond donors (Lipinski definition) is 2. The SMILES string of the molecule is CCNC(=O)N1CCN([C@@H](C(=O)NCCc2ccccc2)C2CCCC2)CC1. The summed E-state index contributed by atoms with van der Waals surface area (Å²) in [6, 6.07) is 10.2. The van der Waals surface area contributed by atoms with Gasteiger partial charge < -0.3 is 15.5 Å². The largest absolute Gasteiger partial charge is 0.354 e. The number of benzene rings is 1. The van der Waals surface area contributed by atoms with Crippen LogP contribution in [0.15, 0.2) is 30.3 Å². The molecule has 1 aliphatic heterocycles. The molecule has 0 unspecified atom stereocenters. The van der Waals surface area contributed by atoms with Crippen LogP contribution in [0.5, 0.6) is 0 Å². The lowest BCUT2D eigenvalue weighted by Crippen LogP contribution is -2.59. The van der Waals surface area contributed by atoms with E-state index in [-0.39, 0.29) is 18.0 Å². The molecule has 1 saturated heterocycles. The van der Waals surface area contributed by atoms with Crippen LogP contribution in [0.25, 0.3) is 0 Å². The number of amides is 3. The molecule has 2 aliphatic rings. The van der Waals surface area contributed by atoms with Crippen LogP contribution in [0.4, 0.5) is 4.79 Å². The molecule has 1 aliphatic carbocycles. The van der Waals surface area contributed by atoms with Gasteiger partial charge in [-0.3, -0.25) is 9.69 Å². The van der Waals surface area contributed by atoms with E-state index in [1.54, 1.807) is 0 Å². The van der Waals surface area contributed by atoms with Crippen molar-refractivity contribution in [2.75, 3.05) is 39.3 Å². The zero-order valence-corrected chi connectivity index (χ0v) is 17.0. The van der Waals surface area contributed by atoms with Gasteiger partial charge in [0.05, 0.1) is 6.04 Å². The average Bonchev–Trinajstić information content (AvgIpc) is 3.24. The van der Waals surface area contributed by atoms with Crippen molar-refractivity contribution in [2.24, 2.45) is 5.92 Å². The molecule has 6 heteroatoms. The average molecular weight is 387 g/mol. The standard InChI is InChI=1S/C22H34N4O2/c1-2-23-22(28)26-16-14-25(15-17-26)20(19-10-6-7-11-19)21(27)24-13-12-18-8-4-3-5-9-18/h3-5,8-9,19-20H,2,6-7,10-17H2,1H3,(H,23,28)(H,24,27)/t20-/m1/s1. The lowest BCUT2D eigenvalue weighted by atomic mass is 9.95. The summed E-state index contributed by atoms with van der Waals surface area (Å²) < 4.78 is 0. The summed E-state index contributed by atoms with van der Waals surface area (Å²) in [4.78, 5) is 29.3. The van der Waals surface area contributed by atoms with E-state index < -0.39 is 0 Å². The summed E-state index contributed by atoms with van der Waals surface area (Å²) >= 11 is 0. The second-order valence-corrected chi connectivity index (χ2v) is 7.87. The minimum atomic E-state index is -0.0605. The van der Waals surface area contributed by atoms with Crippen molar-refractivity contribution in [1.82, 2.24) is 20.4 Å². The Balaban J connectivity index is 1.55. The van der Waals surface area contributed by atoms with Crippen molar-refractivity contribution in [1.29, 1.82) is 0 Å². The van der Waals surface area contributed by atoms with E-state index in [1.807, 2.05) is 30.0 Å². The van der Waals surface area contributed by atoms with Crippen LogP contribution in [-0.2, 0) is 11.2 Å². The summed E-state index contributed by atoms with van der Waals surface area (Å²) in [6.45, 7) is 6.16. The van der Waals surface area contributed by atoms with Gasteiger partial charge in [0, 0.05) is 39.3 Å². The van der Waals surface area contributed by atoms with Gasteiger partial charge >= 0.3 is 6.03 Å². The highest BCUT2D eigenvalue weighted by Gasteiger charge is 2.37. The molecule has 2 N–H and O–H groups in total. The maximum Gasteiger partial charge on any atom is 0.317 e. The summed E-state index contributed by atoms with van der Waals surface area (Å²) in [5, 5.41) is 6.06. The molecular formula is C22H34N4O2. The number of hydrogen-bond acceptors (Lipinski definition) is 3. The maximum absolute atomic E-state index is 13.1. The van der Waals surface area contributed by atoms with Crippen LogP contribution in [0, 0.1) is 5.92 Å². The van der Waals surface area contributed by atoms with E-state index >= 15 is 0 Å². The van der Waals surface area contributed by atoms with E-state index in [0.717, 1.165) is 32.4 Å². The fourth-order valence-corrected chi connectivity index (χ4v) is 4.50. The van der Waals surface area contributed by atoms with E-state index in [0.29, 0.717) is 32.1 Å². The number of carbonyl (C=O) groups excluding carboxylic acids is 2. The van der Waals surface area contributed by atoms with Crippen LogP contribution < -0.4 is 10.6 Å². The first-order chi connectivity index (χ1) is 13.7. The van der Waals surface area contributed by atoms with Crippen molar-refractivity contribution in [3.8, 4) is 0 Å². The highest BCUT2D eigenvalue weighted by atomic mass is 16.2. The van der Waals surface area contributed by atoms with Gasteiger partial charge in [0.1, 0.15) is 0 Å². The van der Waals surface area contributed by atoms with Crippen molar-refractivity contribution < 1.29 is 9.59 Å². The van der Waals surface area contributed by atoms with Gasteiger partial charge in [-0.1, -0.05) is 43.2 Å². The number of piperazine rings is 1. The number of urea groups is 1. The van der Waals surface area contributed by atoms with Gasteiger partial charge in [-0.2, -0.15) is 0 Å². The smallest absolute Gasteiger partial charge is 0.317 e. The van der Waals surface area contributed by atoms with Crippen LogP contribution in [0.3, 0.4) is 0 Å². The fourth-order valence-electron chi connectivity index (χ4n) is 4.50. The predicted octanol–water partition coefficient (Wildman–Crippen LogP) is 2.25. The number of nitrogens with zero attached hydrogens (tertiary/aromatic N) is 2. The Labute approximate surface area is 168 Å². The molecular weight excluding hydrogens is 352 g/mol. The van der Waals surface area contributed by atoms with Crippen molar-refractivity contribution >= 4 is 11.9 Å². The first-order valence-electron chi connectivity index (χ1n) is 10.8. The lowest BCUT2D eigenvalue weighted by Gasteiger charge is -2.40. The van der Waals surface area contributed by atoms with Gasteiger partial charge in [0.2, 0.25) is 5.91 Å². The molecule has 2 fully saturated rings. The molecule has 1 atom stereocenters. The van der Waals surface area contributed by atoms with E-state index in [1.165, 1.54) is 18.4 Å². The Kier molecular flexibility index (Phi) is 7.71.